The molecule has 0 heterocycles. The van der Waals surface area contributed by atoms with Crippen molar-refractivity contribution < 1.29 is 4.79 Å². The minimum atomic E-state index is -0.378. The minimum absolute atomic E-state index is 0.169. The molecule has 0 atom stereocenters. The maximum Gasteiger partial charge on any atom is 0.254 e. The highest BCUT2D eigenvalue weighted by Crippen LogP contribution is 2.05. The maximum absolute atomic E-state index is 11.1. The van der Waals surface area contributed by atoms with E-state index in [1.54, 1.807) is 6.07 Å². The summed E-state index contributed by atoms with van der Waals surface area (Å²) in [4.78, 5) is 11.1. The number of hydrogen-bond donors (Lipinski definition) is 1. The lowest BCUT2D eigenvalue weighted by atomic mass is 10.1. The van der Waals surface area contributed by atoms with Gasteiger partial charge in [-0.1, -0.05) is 43.7 Å². The van der Waals surface area contributed by atoms with Crippen molar-refractivity contribution in [3.05, 3.63) is 35.9 Å². The topological polar surface area (TPSA) is 65.2 Å². The highest BCUT2D eigenvalue weighted by molar-refractivity contribution is 6.01. The SMILES string of the molecule is CCCC(=NNC(=O)CC#N)c1ccccc1. The van der Waals surface area contributed by atoms with E-state index < -0.39 is 0 Å². The third-order valence-corrected chi connectivity index (χ3v) is 2.15. The molecule has 1 rings (SSSR count). The third kappa shape index (κ3) is 4.47. The number of hydrogen-bond acceptors (Lipinski definition) is 3. The first-order chi connectivity index (χ1) is 8.27. The molecule has 0 aliphatic rings. The Balaban J connectivity index is 2.76. The predicted molar refractivity (Wildman–Crippen MR) is 66.3 cm³/mol. The molecule has 0 saturated heterocycles. The third-order valence-electron chi connectivity index (χ3n) is 2.15. The number of nitrogens with zero attached hydrogens (tertiary/aromatic N) is 2. The Morgan fingerprint density at radius 3 is 2.71 bits per heavy atom. The fourth-order valence-corrected chi connectivity index (χ4v) is 1.37. The molecule has 0 fully saturated rings. The molecular weight excluding hydrogens is 214 g/mol. The number of rotatable bonds is 5. The number of carbonyl (C=O) groups is 1. The molecule has 0 bridgehead atoms. The van der Waals surface area contributed by atoms with Crippen molar-refractivity contribution in [1.29, 1.82) is 5.26 Å². The van der Waals surface area contributed by atoms with Crippen LogP contribution in [0, 0.1) is 11.3 Å². The number of carbonyl (C=O) groups excluding carboxylic acids is 1. The number of hydrazone groups is 1. The van der Waals surface area contributed by atoms with Crippen LogP contribution in [0.2, 0.25) is 0 Å². The normalized spacial score (nSPS) is 10.7. The zero-order valence-electron chi connectivity index (χ0n) is 9.81. The zero-order chi connectivity index (χ0) is 12.5. The second-order valence-electron chi connectivity index (χ2n) is 3.54. The van der Waals surface area contributed by atoms with E-state index in [2.05, 4.69) is 17.5 Å². The van der Waals surface area contributed by atoms with Crippen LogP contribution in [0.15, 0.2) is 35.4 Å². The van der Waals surface area contributed by atoms with Crippen molar-refractivity contribution in [2.75, 3.05) is 0 Å². The van der Waals surface area contributed by atoms with Crippen LogP contribution in [0.1, 0.15) is 31.7 Å². The van der Waals surface area contributed by atoms with E-state index in [1.165, 1.54) is 0 Å². The Morgan fingerprint density at radius 1 is 1.41 bits per heavy atom. The van der Waals surface area contributed by atoms with Crippen molar-refractivity contribution in [2.45, 2.75) is 26.2 Å². The van der Waals surface area contributed by atoms with Crippen LogP contribution in [-0.2, 0) is 4.79 Å². The molecule has 1 aromatic carbocycles. The van der Waals surface area contributed by atoms with E-state index >= 15 is 0 Å². The van der Waals surface area contributed by atoms with Gasteiger partial charge in [0.1, 0.15) is 6.42 Å². The summed E-state index contributed by atoms with van der Waals surface area (Å²) in [5.41, 5.74) is 4.22. The van der Waals surface area contributed by atoms with Gasteiger partial charge in [0.25, 0.3) is 5.91 Å². The minimum Gasteiger partial charge on any atom is -0.272 e. The van der Waals surface area contributed by atoms with Crippen molar-refractivity contribution >= 4 is 11.6 Å². The Labute approximate surface area is 101 Å². The van der Waals surface area contributed by atoms with Gasteiger partial charge in [-0.3, -0.25) is 4.79 Å². The molecule has 1 amide bonds. The van der Waals surface area contributed by atoms with Gasteiger partial charge in [-0.05, 0) is 12.0 Å². The first kappa shape index (κ1) is 12.9. The molecule has 88 valence electrons. The summed E-state index contributed by atoms with van der Waals surface area (Å²) in [5, 5.41) is 12.4. The first-order valence-corrected chi connectivity index (χ1v) is 5.55. The van der Waals surface area contributed by atoms with Crippen molar-refractivity contribution in [1.82, 2.24) is 5.43 Å². The van der Waals surface area contributed by atoms with Gasteiger partial charge in [0.15, 0.2) is 0 Å². The number of amides is 1. The van der Waals surface area contributed by atoms with Crippen molar-refractivity contribution in [3.8, 4) is 6.07 Å². The molecule has 0 spiro atoms. The summed E-state index contributed by atoms with van der Waals surface area (Å²) in [5.74, 6) is -0.378. The van der Waals surface area contributed by atoms with Crippen molar-refractivity contribution in [3.63, 3.8) is 0 Å². The Kier molecular flexibility index (Phi) is 5.45. The summed E-state index contributed by atoms with van der Waals surface area (Å²) in [6, 6.07) is 11.5. The Bertz CT molecular complexity index is 432. The summed E-state index contributed by atoms with van der Waals surface area (Å²) in [6.07, 6.45) is 1.57. The average Bonchev–Trinajstić information content (AvgIpc) is 2.36. The molecule has 0 radical (unpaired) electrons. The lowest BCUT2D eigenvalue weighted by molar-refractivity contribution is -0.120. The number of nitrogens with one attached hydrogen (secondary N) is 1. The summed E-state index contributed by atoms with van der Waals surface area (Å²) >= 11 is 0. The van der Waals surface area contributed by atoms with Gasteiger partial charge in [-0.25, -0.2) is 5.43 Å². The second-order valence-corrected chi connectivity index (χ2v) is 3.54. The van der Waals surface area contributed by atoms with Crippen molar-refractivity contribution in [2.24, 2.45) is 5.10 Å². The molecule has 0 saturated carbocycles. The largest absolute Gasteiger partial charge is 0.272 e. The Hall–Kier alpha value is -2.15. The van der Waals surface area contributed by atoms with Crippen LogP contribution in [0.3, 0.4) is 0 Å². The van der Waals surface area contributed by atoms with Gasteiger partial charge in [0, 0.05) is 0 Å². The van der Waals surface area contributed by atoms with Gasteiger partial charge in [0.05, 0.1) is 11.8 Å². The smallest absolute Gasteiger partial charge is 0.254 e. The molecule has 0 aromatic heterocycles. The number of nitriles is 1. The fraction of sp³-hybridized carbons (Fsp3) is 0.308. The van der Waals surface area contributed by atoms with Gasteiger partial charge in [0.2, 0.25) is 0 Å². The van der Waals surface area contributed by atoms with E-state index in [4.69, 9.17) is 5.26 Å². The summed E-state index contributed by atoms with van der Waals surface area (Å²) in [6.45, 7) is 2.05. The van der Waals surface area contributed by atoms with E-state index in [9.17, 15) is 4.79 Å². The second kappa shape index (κ2) is 7.18. The van der Waals surface area contributed by atoms with Crippen LogP contribution >= 0.6 is 0 Å². The van der Waals surface area contributed by atoms with E-state index in [0.29, 0.717) is 0 Å². The highest BCUT2D eigenvalue weighted by Gasteiger charge is 2.03. The van der Waals surface area contributed by atoms with Crippen LogP contribution in [0.25, 0.3) is 0 Å². The molecule has 1 aromatic rings. The molecule has 0 unspecified atom stereocenters. The van der Waals surface area contributed by atoms with Crippen LogP contribution in [0.4, 0.5) is 0 Å². The lowest BCUT2D eigenvalue weighted by Gasteiger charge is -2.05. The molecule has 4 heteroatoms. The van der Waals surface area contributed by atoms with Crippen LogP contribution in [0.5, 0.6) is 0 Å². The van der Waals surface area contributed by atoms with Gasteiger partial charge < -0.3 is 0 Å². The standard InChI is InChI=1S/C13H15N3O/c1-2-6-12(11-7-4-3-5-8-11)15-16-13(17)9-10-14/h3-5,7-8H,2,6,9H2,1H3,(H,16,17). The molecule has 0 aliphatic carbocycles. The first-order valence-electron chi connectivity index (χ1n) is 5.55. The van der Waals surface area contributed by atoms with Crippen LogP contribution < -0.4 is 5.43 Å². The molecule has 1 N–H and O–H groups in total. The average molecular weight is 229 g/mol. The predicted octanol–water partition coefficient (Wildman–Crippen LogP) is 2.22. The molecule has 4 nitrogen and oxygen atoms in total. The summed E-state index contributed by atoms with van der Waals surface area (Å²) < 4.78 is 0. The fourth-order valence-electron chi connectivity index (χ4n) is 1.37. The maximum atomic E-state index is 11.1. The summed E-state index contributed by atoms with van der Waals surface area (Å²) in [7, 11) is 0. The highest BCUT2D eigenvalue weighted by atomic mass is 16.2. The quantitative estimate of drug-likeness (QED) is 0.621. The van der Waals surface area contributed by atoms with Gasteiger partial charge in [-0.15, -0.1) is 0 Å². The monoisotopic (exact) mass is 229 g/mol. The lowest BCUT2D eigenvalue weighted by Crippen LogP contribution is -2.19. The molecule has 0 aliphatic heterocycles. The number of benzene rings is 1. The van der Waals surface area contributed by atoms with Gasteiger partial charge in [-0.2, -0.15) is 10.4 Å². The van der Waals surface area contributed by atoms with E-state index in [-0.39, 0.29) is 12.3 Å². The zero-order valence-corrected chi connectivity index (χ0v) is 9.81. The van der Waals surface area contributed by atoms with E-state index in [1.807, 2.05) is 30.3 Å². The molecule has 17 heavy (non-hydrogen) atoms. The van der Waals surface area contributed by atoms with Gasteiger partial charge >= 0.3 is 0 Å². The van der Waals surface area contributed by atoms with Crippen LogP contribution in [-0.4, -0.2) is 11.6 Å². The molecular formula is C13H15N3O. The van der Waals surface area contributed by atoms with E-state index in [0.717, 1.165) is 24.1 Å². The Morgan fingerprint density at radius 2 is 2.12 bits per heavy atom.